The van der Waals surface area contributed by atoms with Crippen LogP contribution in [0.15, 0.2) is 18.2 Å². The quantitative estimate of drug-likeness (QED) is 0.799. The van der Waals surface area contributed by atoms with Gasteiger partial charge in [-0.15, -0.1) is 0 Å². The van der Waals surface area contributed by atoms with Gasteiger partial charge in [0, 0.05) is 6.04 Å². The zero-order valence-corrected chi connectivity index (χ0v) is 11.6. The molecule has 0 saturated carbocycles. The van der Waals surface area contributed by atoms with Crippen LogP contribution in [0.3, 0.4) is 0 Å². The minimum Gasteiger partial charge on any atom is -0.349 e. The van der Waals surface area contributed by atoms with E-state index in [1.165, 1.54) is 0 Å². The second-order valence-corrected chi connectivity index (χ2v) is 5.12. The molecule has 2 rings (SSSR count). The molecule has 1 aliphatic heterocycles. The summed E-state index contributed by atoms with van der Waals surface area (Å²) in [5, 5.41) is 2.79. The third-order valence-electron chi connectivity index (χ3n) is 3.23. The van der Waals surface area contributed by atoms with Gasteiger partial charge in [0.15, 0.2) is 0 Å². The topological polar surface area (TPSA) is 75.4 Å². The SMILES string of the molecule is CC1C(=O)NC(=O)CN1c1ccc([C@@H](C)N)cc1Cl. The molecule has 0 bridgehead atoms. The highest BCUT2D eigenvalue weighted by atomic mass is 35.5. The predicted molar refractivity (Wildman–Crippen MR) is 74.0 cm³/mol. The van der Waals surface area contributed by atoms with E-state index in [9.17, 15) is 9.59 Å². The number of amides is 2. The summed E-state index contributed by atoms with van der Waals surface area (Å²) in [5.74, 6) is -0.640. The summed E-state index contributed by atoms with van der Waals surface area (Å²) in [4.78, 5) is 24.8. The van der Waals surface area contributed by atoms with Gasteiger partial charge < -0.3 is 10.6 Å². The van der Waals surface area contributed by atoms with E-state index in [1.54, 1.807) is 24.0 Å². The van der Waals surface area contributed by atoms with Gasteiger partial charge in [0.1, 0.15) is 6.04 Å². The number of piperazine rings is 1. The van der Waals surface area contributed by atoms with Gasteiger partial charge in [-0.05, 0) is 31.5 Å². The van der Waals surface area contributed by atoms with Crippen LogP contribution in [0.1, 0.15) is 25.5 Å². The first-order valence-corrected chi connectivity index (χ1v) is 6.43. The number of nitrogens with two attached hydrogens (primary N) is 1. The van der Waals surface area contributed by atoms with E-state index in [-0.39, 0.29) is 24.4 Å². The van der Waals surface area contributed by atoms with Crippen molar-refractivity contribution in [3.05, 3.63) is 28.8 Å². The van der Waals surface area contributed by atoms with Gasteiger partial charge in [-0.25, -0.2) is 0 Å². The van der Waals surface area contributed by atoms with Crippen LogP contribution in [0.4, 0.5) is 5.69 Å². The van der Waals surface area contributed by atoms with Crippen LogP contribution in [0.25, 0.3) is 0 Å². The third kappa shape index (κ3) is 2.72. The summed E-state index contributed by atoms with van der Waals surface area (Å²) in [6.45, 7) is 3.72. The van der Waals surface area contributed by atoms with E-state index in [0.29, 0.717) is 10.7 Å². The average Bonchev–Trinajstić information content (AvgIpc) is 2.33. The number of carbonyl (C=O) groups is 2. The first-order chi connectivity index (χ1) is 8.90. The van der Waals surface area contributed by atoms with Gasteiger partial charge in [-0.3, -0.25) is 14.9 Å². The van der Waals surface area contributed by atoms with E-state index in [1.807, 2.05) is 13.0 Å². The molecule has 1 aromatic carbocycles. The van der Waals surface area contributed by atoms with Crippen LogP contribution in [0, 0.1) is 0 Å². The Morgan fingerprint density at radius 2 is 2.16 bits per heavy atom. The third-order valence-corrected chi connectivity index (χ3v) is 3.53. The van der Waals surface area contributed by atoms with Gasteiger partial charge in [-0.2, -0.15) is 0 Å². The summed E-state index contributed by atoms with van der Waals surface area (Å²) in [7, 11) is 0. The lowest BCUT2D eigenvalue weighted by Gasteiger charge is -2.34. The van der Waals surface area contributed by atoms with Crippen molar-refractivity contribution >= 4 is 29.1 Å². The fraction of sp³-hybridized carbons (Fsp3) is 0.385. The van der Waals surface area contributed by atoms with Crippen molar-refractivity contribution in [2.24, 2.45) is 5.73 Å². The molecule has 102 valence electrons. The van der Waals surface area contributed by atoms with Crippen molar-refractivity contribution in [2.45, 2.75) is 25.9 Å². The number of rotatable bonds is 2. The summed E-state index contributed by atoms with van der Waals surface area (Å²) in [6.07, 6.45) is 0. The number of carbonyl (C=O) groups excluding carboxylic acids is 2. The number of nitrogens with zero attached hydrogens (tertiary/aromatic N) is 1. The summed E-state index contributed by atoms with van der Waals surface area (Å²) in [6, 6.07) is 4.87. The monoisotopic (exact) mass is 281 g/mol. The Hall–Kier alpha value is -1.59. The smallest absolute Gasteiger partial charge is 0.249 e. The Morgan fingerprint density at radius 3 is 2.74 bits per heavy atom. The Morgan fingerprint density at radius 1 is 1.47 bits per heavy atom. The van der Waals surface area contributed by atoms with E-state index < -0.39 is 6.04 Å². The first kappa shape index (κ1) is 13.8. The average molecular weight is 282 g/mol. The van der Waals surface area contributed by atoms with Gasteiger partial charge in [0.25, 0.3) is 0 Å². The van der Waals surface area contributed by atoms with Crippen molar-refractivity contribution in [3.63, 3.8) is 0 Å². The fourth-order valence-electron chi connectivity index (χ4n) is 2.05. The van der Waals surface area contributed by atoms with E-state index in [2.05, 4.69) is 5.32 Å². The molecule has 6 heteroatoms. The maximum absolute atomic E-state index is 11.6. The molecule has 1 unspecified atom stereocenters. The molecular formula is C13H16ClN3O2. The second-order valence-electron chi connectivity index (χ2n) is 4.72. The van der Waals surface area contributed by atoms with Crippen molar-refractivity contribution < 1.29 is 9.59 Å². The van der Waals surface area contributed by atoms with Crippen molar-refractivity contribution in [1.29, 1.82) is 0 Å². The zero-order valence-electron chi connectivity index (χ0n) is 10.8. The molecule has 2 atom stereocenters. The van der Waals surface area contributed by atoms with E-state index in [0.717, 1.165) is 5.56 Å². The number of anilines is 1. The molecule has 0 radical (unpaired) electrons. The normalized spacial score (nSPS) is 21.3. The van der Waals surface area contributed by atoms with Crippen molar-refractivity contribution in [3.8, 4) is 0 Å². The number of benzene rings is 1. The molecule has 1 aromatic rings. The maximum Gasteiger partial charge on any atom is 0.249 e. The molecule has 1 aliphatic rings. The van der Waals surface area contributed by atoms with Crippen LogP contribution in [0.5, 0.6) is 0 Å². The lowest BCUT2D eigenvalue weighted by molar-refractivity contribution is -0.132. The molecular weight excluding hydrogens is 266 g/mol. The van der Waals surface area contributed by atoms with Gasteiger partial charge in [-0.1, -0.05) is 17.7 Å². The minimum absolute atomic E-state index is 0.115. The Bertz CT molecular complexity index is 531. The lowest BCUT2D eigenvalue weighted by atomic mass is 10.1. The number of hydrogen-bond donors (Lipinski definition) is 2. The molecule has 5 nitrogen and oxygen atoms in total. The maximum atomic E-state index is 11.6. The second kappa shape index (κ2) is 5.19. The Kier molecular flexibility index (Phi) is 3.78. The number of hydrogen-bond acceptors (Lipinski definition) is 4. The van der Waals surface area contributed by atoms with Gasteiger partial charge >= 0.3 is 0 Å². The van der Waals surface area contributed by atoms with Crippen molar-refractivity contribution in [1.82, 2.24) is 5.32 Å². The summed E-state index contributed by atoms with van der Waals surface area (Å²) < 4.78 is 0. The molecule has 0 spiro atoms. The summed E-state index contributed by atoms with van der Waals surface area (Å²) in [5.41, 5.74) is 7.37. The molecule has 0 aliphatic carbocycles. The zero-order chi connectivity index (χ0) is 14.2. The fourth-order valence-corrected chi connectivity index (χ4v) is 2.35. The van der Waals surface area contributed by atoms with Crippen LogP contribution < -0.4 is 16.0 Å². The standard InChI is InChI=1S/C13H16ClN3O2/c1-7(15)9-3-4-11(10(14)5-9)17-6-12(18)16-13(19)8(17)2/h3-5,7-8H,6,15H2,1-2H3,(H,16,18,19)/t7-,8?/m1/s1. The van der Waals surface area contributed by atoms with Crippen molar-refractivity contribution in [2.75, 3.05) is 11.4 Å². The van der Waals surface area contributed by atoms with E-state index >= 15 is 0 Å². The Balaban J connectivity index is 2.35. The molecule has 1 fully saturated rings. The van der Waals surface area contributed by atoms with E-state index in [4.69, 9.17) is 17.3 Å². The van der Waals surface area contributed by atoms with Crippen LogP contribution in [-0.4, -0.2) is 24.4 Å². The number of halogens is 1. The summed E-state index contributed by atoms with van der Waals surface area (Å²) >= 11 is 6.23. The van der Waals surface area contributed by atoms with Gasteiger partial charge in [0.05, 0.1) is 17.3 Å². The molecule has 3 N–H and O–H groups in total. The highest BCUT2D eigenvalue weighted by molar-refractivity contribution is 6.33. The largest absolute Gasteiger partial charge is 0.349 e. The molecule has 2 amide bonds. The molecule has 19 heavy (non-hydrogen) atoms. The first-order valence-electron chi connectivity index (χ1n) is 6.05. The lowest BCUT2D eigenvalue weighted by Crippen LogP contribution is -2.57. The highest BCUT2D eigenvalue weighted by Gasteiger charge is 2.31. The highest BCUT2D eigenvalue weighted by Crippen LogP contribution is 2.30. The minimum atomic E-state index is -0.434. The van der Waals surface area contributed by atoms with Crippen LogP contribution in [-0.2, 0) is 9.59 Å². The van der Waals surface area contributed by atoms with Gasteiger partial charge in [0.2, 0.25) is 11.8 Å². The molecule has 0 aromatic heterocycles. The van der Waals surface area contributed by atoms with Crippen LogP contribution >= 0.6 is 11.6 Å². The number of nitrogens with one attached hydrogen (secondary N) is 1. The predicted octanol–water partition coefficient (Wildman–Crippen LogP) is 1.21. The van der Waals surface area contributed by atoms with Crippen LogP contribution in [0.2, 0.25) is 5.02 Å². The number of imide groups is 1. The Labute approximate surface area is 116 Å². The molecule has 1 saturated heterocycles. The molecule has 1 heterocycles.